The molecule has 1 nitrogen and oxygen atoms in total. The largest absolute Gasteiger partial charge is 0.457 e. The van der Waals surface area contributed by atoms with Crippen LogP contribution in [0.25, 0.3) is 0 Å². The monoisotopic (exact) mass is 417 g/mol. The van der Waals surface area contributed by atoms with E-state index >= 15 is 0 Å². The standard InChI is InChI=1S/C28H42O.Na/c1-3-5-7-9-11-13-19-25-21-15-17-23-27(25)29-28-24-18-16-22-26(28)20-14-12-10-8-6-4-2;/h15-18,21-24H,3-14,19-20H2,1-2H3;. The molecule has 1 radical (unpaired) electrons. The Kier molecular flexibility index (Phi) is 16.2. The molecule has 0 heterocycles. The number of hydrogen-bond acceptors (Lipinski definition) is 1. The van der Waals surface area contributed by atoms with Gasteiger partial charge in [0.1, 0.15) is 11.5 Å². The molecule has 30 heavy (non-hydrogen) atoms. The van der Waals surface area contributed by atoms with Crippen molar-refractivity contribution in [3.63, 3.8) is 0 Å². The van der Waals surface area contributed by atoms with Gasteiger partial charge in [-0.1, -0.05) is 114 Å². The van der Waals surface area contributed by atoms with E-state index in [0.717, 1.165) is 24.3 Å². The number of hydrogen-bond donors (Lipinski definition) is 0. The second-order valence-electron chi connectivity index (χ2n) is 8.35. The predicted molar refractivity (Wildman–Crippen MR) is 133 cm³/mol. The van der Waals surface area contributed by atoms with Gasteiger partial charge in [-0.25, -0.2) is 0 Å². The van der Waals surface area contributed by atoms with Crippen molar-refractivity contribution >= 4 is 29.6 Å². The SMILES string of the molecule is CCCCCCCCc1ccccc1Oc1ccccc1CCCCCCCC.[Na]. The number of unbranched alkanes of at least 4 members (excludes halogenated alkanes) is 10. The normalized spacial score (nSPS) is 10.6. The van der Waals surface area contributed by atoms with Crippen molar-refractivity contribution < 1.29 is 4.74 Å². The summed E-state index contributed by atoms with van der Waals surface area (Å²) in [5.41, 5.74) is 2.69. The van der Waals surface area contributed by atoms with E-state index in [1.54, 1.807) is 0 Å². The molecule has 2 aromatic carbocycles. The third kappa shape index (κ3) is 11.0. The fraction of sp³-hybridized carbons (Fsp3) is 0.571. The van der Waals surface area contributed by atoms with E-state index in [4.69, 9.17) is 4.74 Å². The van der Waals surface area contributed by atoms with E-state index in [1.807, 2.05) is 0 Å². The van der Waals surface area contributed by atoms with Crippen LogP contribution < -0.4 is 4.74 Å². The van der Waals surface area contributed by atoms with Gasteiger partial charge >= 0.3 is 0 Å². The van der Waals surface area contributed by atoms with Gasteiger partial charge in [0.15, 0.2) is 0 Å². The Balaban J connectivity index is 0.00000450. The number of para-hydroxylation sites is 2. The minimum atomic E-state index is 0. The van der Waals surface area contributed by atoms with Crippen molar-refractivity contribution in [1.82, 2.24) is 0 Å². The fourth-order valence-electron chi connectivity index (χ4n) is 3.93. The molecule has 0 saturated carbocycles. The van der Waals surface area contributed by atoms with E-state index in [0.29, 0.717) is 0 Å². The van der Waals surface area contributed by atoms with Gasteiger partial charge in [-0.3, -0.25) is 0 Å². The number of benzene rings is 2. The van der Waals surface area contributed by atoms with Gasteiger partial charge in [-0.2, -0.15) is 0 Å². The van der Waals surface area contributed by atoms with Gasteiger partial charge in [0.25, 0.3) is 0 Å². The zero-order valence-electron chi connectivity index (χ0n) is 19.9. The second kappa shape index (κ2) is 17.9. The molecular formula is C28H42NaO. The first-order valence-electron chi connectivity index (χ1n) is 12.2. The van der Waals surface area contributed by atoms with Crippen LogP contribution in [-0.4, -0.2) is 29.6 Å². The van der Waals surface area contributed by atoms with E-state index in [9.17, 15) is 0 Å². The van der Waals surface area contributed by atoms with Gasteiger partial charge in [0.05, 0.1) is 0 Å². The minimum Gasteiger partial charge on any atom is -0.457 e. The van der Waals surface area contributed by atoms with Crippen molar-refractivity contribution in [3.8, 4) is 11.5 Å². The zero-order valence-corrected chi connectivity index (χ0v) is 21.9. The molecule has 0 N–H and O–H groups in total. The molecule has 0 aliphatic rings. The first-order valence-corrected chi connectivity index (χ1v) is 12.2. The Hall–Kier alpha value is -0.760. The molecule has 0 bridgehead atoms. The maximum atomic E-state index is 6.43. The average molecular weight is 418 g/mol. The van der Waals surface area contributed by atoms with Gasteiger partial charge in [0.2, 0.25) is 0 Å². The molecule has 2 rings (SSSR count). The van der Waals surface area contributed by atoms with Gasteiger partial charge in [0, 0.05) is 29.6 Å². The van der Waals surface area contributed by atoms with Crippen LogP contribution in [0.3, 0.4) is 0 Å². The predicted octanol–water partition coefficient (Wildman–Crippen LogP) is 8.90. The van der Waals surface area contributed by atoms with Gasteiger partial charge in [-0.05, 0) is 48.9 Å². The zero-order chi connectivity index (χ0) is 20.6. The van der Waals surface area contributed by atoms with Crippen LogP contribution in [-0.2, 0) is 12.8 Å². The summed E-state index contributed by atoms with van der Waals surface area (Å²) in [5, 5.41) is 0. The first-order chi connectivity index (χ1) is 14.3. The van der Waals surface area contributed by atoms with Gasteiger partial charge < -0.3 is 4.74 Å². The maximum absolute atomic E-state index is 6.43. The number of rotatable bonds is 16. The Morgan fingerprint density at radius 1 is 0.500 bits per heavy atom. The second-order valence-corrected chi connectivity index (χ2v) is 8.35. The molecule has 0 aliphatic heterocycles. The molecule has 0 aromatic heterocycles. The molecule has 0 atom stereocenters. The van der Waals surface area contributed by atoms with Crippen LogP contribution in [0.5, 0.6) is 11.5 Å². The van der Waals surface area contributed by atoms with Crippen LogP contribution in [0.2, 0.25) is 0 Å². The molecule has 0 fully saturated rings. The maximum Gasteiger partial charge on any atom is 0.130 e. The van der Waals surface area contributed by atoms with E-state index in [2.05, 4.69) is 62.4 Å². The van der Waals surface area contributed by atoms with Crippen LogP contribution in [0.15, 0.2) is 48.5 Å². The number of aryl methyl sites for hydroxylation is 2. The minimum absolute atomic E-state index is 0. The Morgan fingerprint density at radius 3 is 1.30 bits per heavy atom. The van der Waals surface area contributed by atoms with Crippen molar-refractivity contribution in [2.45, 2.75) is 104 Å². The van der Waals surface area contributed by atoms with E-state index in [-0.39, 0.29) is 29.6 Å². The van der Waals surface area contributed by atoms with Crippen molar-refractivity contribution in [2.75, 3.05) is 0 Å². The van der Waals surface area contributed by atoms with Crippen molar-refractivity contribution in [2.24, 2.45) is 0 Å². The van der Waals surface area contributed by atoms with Crippen LogP contribution in [0, 0.1) is 0 Å². The van der Waals surface area contributed by atoms with Crippen molar-refractivity contribution in [1.29, 1.82) is 0 Å². The summed E-state index contributed by atoms with van der Waals surface area (Å²) < 4.78 is 6.43. The van der Waals surface area contributed by atoms with Crippen LogP contribution >= 0.6 is 0 Å². The molecule has 2 heteroatoms. The molecule has 2 aromatic rings. The summed E-state index contributed by atoms with van der Waals surface area (Å²) in [5.74, 6) is 2.08. The van der Waals surface area contributed by atoms with Crippen molar-refractivity contribution in [3.05, 3.63) is 59.7 Å². The fourth-order valence-corrected chi connectivity index (χ4v) is 3.93. The summed E-state index contributed by atoms with van der Waals surface area (Å²) in [7, 11) is 0. The average Bonchev–Trinajstić information content (AvgIpc) is 2.75. The van der Waals surface area contributed by atoms with Crippen LogP contribution in [0.4, 0.5) is 0 Å². The summed E-state index contributed by atoms with van der Waals surface area (Å²) in [4.78, 5) is 0. The number of ether oxygens (including phenoxy) is 1. The molecule has 0 spiro atoms. The third-order valence-corrected chi connectivity index (χ3v) is 5.76. The van der Waals surface area contributed by atoms with Gasteiger partial charge in [-0.15, -0.1) is 0 Å². The summed E-state index contributed by atoms with van der Waals surface area (Å²) >= 11 is 0. The molecule has 161 valence electrons. The molecule has 0 amide bonds. The Morgan fingerprint density at radius 2 is 0.867 bits per heavy atom. The molecule has 0 unspecified atom stereocenters. The Labute approximate surface area is 208 Å². The first kappa shape index (κ1) is 27.3. The summed E-state index contributed by atoms with van der Waals surface area (Å²) in [6, 6.07) is 17.2. The summed E-state index contributed by atoms with van der Waals surface area (Å²) in [6.45, 7) is 4.55. The van der Waals surface area contributed by atoms with E-state index in [1.165, 1.54) is 88.2 Å². The quantitative estimate of drug-likeness (QED) is 0.196. The molecular weight excluding hydrogens is 375 g/mol. The summed E-state index contributed by atoms with van der Waals surface area (Å²) in [6.07, 6.45) is 18.2. The molecule has 0 aliphatic carbocycles. The Bertz CT molecular complexity index is 610. The van der Waals surface area contributed by atoms with E-state index < -0.39 is 0 Å². The smallest absolute Gasteiger partial charge is 0.130 e. The third-order valence-electron chi connectivity index (χ3n) is 5.76. The van der Waals surface area contributed by atoms with Crippen LogP contribution in [0.1, 0.15) is 102 Å². The topological polar surface area (TPSA) is 9.23 Å². The molecule has 0 saturated heterocycles.